The molecular formula is C11H15N5O. The lowest BCUT2D eigenvalue weighted by atomic mass is 10.1. The van der Waals surface area contributed by atoms with Gasteiger partial charge >= 0.3 is 5.69 Å². The normalized spacial score (nSPS) is 17.4. The van der Waals surface area contributed by atoms with E-state index in [1.165, 1.54) is 0 Å². The molecule has 0 atom stereocenters. The van der Waals surface area contributed by atoms with Crippen LogP contribution < -0.4 is 11.0 Å². The van der Waals surface area contributed by atoms with Gasteiger partial charge in [0.25, 0.3) is 0 Å². The van der Waals surface area contributed by atoms with Crippen LogP contribution in [0.3, 0.4) is 0 Å². The SMILES string of the molecule is O=c1[nH]ccn1-c1cnn(C2CCNCC2)c1. The predicted molar refractivity (Wildman–Crippen MR) is 63.3 cm³/mol. The summed E-state index contributed by atoms with van der Waals surface area (Å²) < 4.78 is 3.53. The van der Waals surface area contributed by atoms with Crippen LogP contribution in [0, 0.1) is 0 Å². The van der Waals surface area contributed by atoms with Gasteiger partial charge in [0.2, 0.25) is 0 Å². The monoisotopic (exact) mass is 233 g/mol. The number of piperidine rings is 1. The second-order valence-corrected chi connectivity index (χ2v) is 4.29. The highest BCUT2D eigenvalue weighted by molar-refractivity contribution is 5.25. The Morgan fingerprint density at radius 1 is 1.35 bits per heavy atom. The highest BCUT2D eigenvalue weighted by atomic mass is 16.1. The van der Waals surface area contributed by atoms with Gasteiger partial charge in [-0.3, -0.25) is 9.25 Å². The van der Waals surface area contributed by atoms with E-state index < -0.39 is 0 Å². The Balaban J connectivity index is 1.87. The topological polar surface area (TPSA) is 67.6 Å². The minimum Gasteiger partial charge on any atom is -0.317 e. The first kappa shape index (κ1) is 10.3. The Morgan fingerprint density at radius 3 is 2.88 bits per heavy atom. The number of hydrogen-bond donors (Lipinski definition) is 2. The average Bonchev–Trinajstić information content (AvgIpc) is 2.98. The van der Waals surface area contributed by atoms with Crippen molar-refractivity contribution in [3.05, 3.63) is 35.3 Å². The lowest BCUT2D eigenvalue weighted by molar-refractivity contribution is 0.343. The van der Waals surface area contributed by atoms with Crippen LogP contribution >= 0.6 is 0 Å². The molecule has 3 rings (SSSR count). The molecule has 1 aliphatic rings. The van der Waals surface area contributed by atoms with Gasteiger partial charge in [-0.25, -0.2) is 4.79 Å². The molecule has 0 saturated carbocycles. The Labute approximate surface area is 98.3 Å². The van der Waals surface area contributed by atoms with E-state index in [1.807, 2.05) is 10.9 Å². The maximum Gasteiger partial charge on any atom is 0.330 e. The minimum absolute atomic E-state index is 0.130. The molecule has 0 radical (unpaired) electrons. The average molecular weight is 233 g/mol. The van der Waals surface area contributed by atoms with Gasteiger partial charge in [0.15, 0.2) is 0 Å². The van der Waals surface area contributed by atoms with Gasteiger partial charge < -0.3 is 10.3 Å². The lowest BCUT2D eigenvalue weighted by Gasteiger charge is -2.22. The van der Waals surface area contributed by atoms with Gasteiger partial charge in [-0.2, -0.15) is 5.10 Å². The van der Waals surface area contributed by atoms with Gasteiger partial charge in [0, 0.05) is 18.6 Å². The van der Waals surface area contributed by atoms with Crippen LogP contribution in [-0.2, 0) is 0 Å². The van der Waals surface area contributed by atoms with Crippen molar-refractivity contribution in [1.82, 2.24) is 24.6 Å². The maximum atomic E-state index is 11.5. The minimum atomic E-state index is -0.130. The quantitative estimate of drug-likeness (QED) is 0.783. The zero-order valence-electron chi connectivity index (χ0n) is 9.47. The van der Waals surface area contributed by atoms with E-state index in [9.17, 15) is 4.79 Å². The second-order valence-electron chi connectivity index (χ2n) is 4.29. The van der Waals surface area contributed by atoms with Crippen molar-refractivity contribution in [3.63, 3.8) is 0 Å². The van der Waals surface area contributed by atoms with Crippen molar-refractivity contribution >= 4 is 0 Å². The van der Waals surface area contributed by atoms with E-state index in [4.69, 9.17) is 0 Å². The third-order valence-electron chi connectivity index (χ3n) is 3.20. The molecule has 1 saturated heterocycles. The van der Waals surface area contributed by atoms with Gasteiger partial charge in [-0.15, -0.1) is 0 Å². The number of imidazole rings is 1. The zero-order valence-corrected chi connectivity index (χ0v) is 9.47. The van der Waals surface area contributed by atoms with Crippen LogP contribution in [0.2, 0.25) is 0 Å². The first-order valence-electron chi connectivity index (χ1n) is 5.86. The van der Waals surface area contributed by atoms with Crippen molar-refractivity contribution in [2.24, 2.45) is 0 Å². The molecule has 90 valence electrons. The largest absolute Gasteiger partial charge is 0.330 e. The summed E-state index contributed by atoms with van der Waals surface area (Å²) in [6.45, 7) is 2.06. The molecule has 6 nitrogen and oxygen atoms in total. The standard InChI is InChI=1S/C11H15N5O/c17-11-13-5-6-15(11)10-7-14-16(8-10)9-1-3-12-4-2-9/h5-9,12H,1-4H2,(H,13,17). The molecule has 1 aliphatic heterocycles. The fourth-order valence-electron chi connectivity index (χ4n) is 2.25. The lowest BCUT2D eigenvalue weighted by Crippen LogP contribution is -2.29. The van der Waals surface area contributed by atoms with Crippen molar-refractivity contribution in [1.29, 1.82) is 0 Å². The van der Waals surface area contributed by atoms with Gasteiger partial charge in [-0.1, -0.05) is 0 Å². The zero-order chi connectivity index (χ0) is 11.7. The predicted octanol–water partition coefficient (Wildman–Crippen LogP) is 0.287. The summed E-state index contributed by atoms with van der Waals surface area (Å²) in [4.78, 5) is 14.1. The Bertz CT molecular complexity index is 546. The summed E-state index contributed by atoms with van der Waals surface area (Å²) in [5, 5.41) is 7.68. The van der Waals surface area contributed by atoms with Crippen molar-refractivity contribution in [2.45, 2.75) is 18.9 Å². The summed E-state index contributed by atoms with van der Waals surface area (Å²) in [6.07, 6.45) is 9.19. The molecular weight excluding hydrogens is 218 g/mol. The van der Waals surface area contributed by atoms with Crippen molar-refractivity contribution < 1.29 is 0 Å². The van der Waals surface area contributed by atoms with Crippen LogP contribution in [0.15, 0.2) is 29.6 Å². The number of H-pyrrole nitrogens is 1. The number of aromatic amines is 1. The molecule has 0 aromatic carbocycles. The first-order chi connectivity index (χ1) is 8.34. The molecule has 17 heavy (non-hydrogen) atoms. The van der Waals surface area contributed by atoms with Gasteiger partial charge in [0.05, 0.1) is 17.9 Å². The highest BCUT2D eigenvalue weighted by Gasteiger charge is 2.16. The maximum absolute atomic E-state index is 11.5. The fraction of sp³-hybridized carbons (Fsp3) is 0.455. The molecule has 0 unspecified atom stereocenters. The molecule has 2 aromatic rings. The second kappa shape index (κ2) is 4.21. The van der Waals surface area contributed by atoms with E-state index in [2.05, 4.69) is 15.4 Å². The van der Waals surface area contributed by atoms with Crippen LogP contribution in [0.1, 0.15) is 18.9 Å². The number of aromatic nitrogens is 4. The van der Waals surface area contributed by atoms with Crippen LogP contribution in [0.4, 0.5) is 0 Å². The van der Waals surface area contributed by atoms with Gasteiger partial charge in [0.1, 0.15) is 0 Å². The molecule has 6 heteroatoms. The summed E-state index contributed by atoms with van der Waals surface area (Å²) >= 11 is 0. The highest BCUT2D eigenvalue weighted by Crippen LogP contribution is 2.18. The summed E-state index contributed by atoms with van der Waals surface area (Å²) in [5.41, 5.74) is 0.685. The fourth-order valence-corrected chi connectivity index (χ4v) is 2.25. The Kier molecular flexibility index (Phi) is 2.56. The molecule has 0 bridgehead atoms. The van der Waals surface area contributed by atoms with Gasteiger partial charge in [-0.05, 0) is 25.9 Å². The molecule has 1 fully saturated rings. The van der Waals surface area contributed by atoms with Crippen molar-refractivity contribution in [2.75, 3.05) is 13.1 Å². The Hall–Kier alpha value is -1.82. The number of rotatable bonds is 2. The molecule has 0 amide bonds. The van der Waals surface area contributed by atoms with Crippen LogP contribution in [0.25, 0.3) is 5.69 Å². The third kappa shape index (κ3) is 1.91. The molecule has 2 aromatic heterocycles. The van der Waals surface area contributed by atoms with Crippen LogP contribution in [-0.4, -0.2) is 32.4 Å². The summed E-state index contributed by atoms with van der Waals surface area (Å²) in [5.74, 6) is 0. The van der Waals surface area contributed by atoms with Crippen LogP contribution in [0.5, 0.6) is 0 Å². The van der Waals surface area contributed by atoms with E-state index >= 15 is 0 Å². The van der Waals surface area contributed by atoms with Crippen molar-refractivity contribution in [3.8, 4) is 5.69 Å². The molecule has 2 N–H and O–H groups in total. The van der Waals surface area contributed by atoms with E-state index in [-0.39, 0.29) is 5.69 Å². The third-order valence-corrected chi connectivity index (χ3v) is 3.20. The van der Waals surface area contributed by atoms with E-state index in [0.717, 1.165) is 31.6 Å². The Morgan fingerprint density at radius 2 is 2.18 bits per heavy atom. The molecule has 0 spiro atoms. The first-order valence-corrected chi connectivity index (χ1v) is 5.86. The van der Waals surface area contributed by atoms with E-state index in [0.29, 0.717) is 6.04 Å². The summed E-state index contributed by atoms with van der Waals surface area (Å²) in [6, 6.07) is 0.444. The smallest absolute Gasteiger partial charge is 0.317 e. The number of nitrogens with zero attached hydrogens (tertiary/aromatic N) is 3. The summed E-state index contributed by atoms with van der Waals surface area (Å²) in [7, 11) is 0. The molecule has 0 aliphatic carbocycles. The number of nitrogens with one attached hydrogen (secondary N) is 2. The van der Waals surface area contributed by atoms with E-state index in [1.54, 1.807) is 23.2 Å². The number of hydrogen-bond acceptors (Lipinski definition) is 3. The molecule has 3 heterocycles.